The Morgan fingerprint density at radius 2 is 2.00 bits per heavy atom. The number of fused-ring (bicyclic) bond motifs is 3. The van der Waals surface area contributed by atoms with E-state index in [-0.39, 0.29) is 0 Å². The summed E-state index contributed by atoms with van der Waals surface area (Å²) in [5, 5.41) is 3.70. The van der Waals surface area contributed by atoms with E-state index < -0.39 is 0 Å². The van der Waals surface area contributed by atoms with Crippen LogP contribution in [0.4, 0.5) is 5.82 Å². The lowest BCUT2D eigenvalue weighted by molar-refractivity contribution is 0.0457. The zero-order chi connectivity index (χ0) is 15.1. The van der Waals surface area contributed by atoms with E-state index in [1.54, 1.807) is 0 Å². The van der Waals surface area contributed by atoms with Crippen LogP contribution in [-0.4, -0.2) is 35.1 Å². The largest absolute Gasteiger partial charge is 0.365 e. The van der Waals surface area contributed by atoms with Crippen LogP contribution in [0.15, 0.2) is 30.5 Å². The molecule has 22 heavy (non-hydrogen) atoms. The highest BCUT2D eigenvalue weighted by Gasteiger charge is 2.39. The van der Waals surface area contributed by atoms with Gasteiger partial charge in [0, 0.05) is 33.6 Å². The second kappa shape index (κ2) is 5.67. The Bertz CT molecular complexity index is 639. The molecule has 116 valence electrons. The van der Waals surface area contributed by atoms with Crippen LogP contribution >= 0.6 is 11.3 Å². The molecule has 2 bridgehead atoms. The van der Waals surface area contributed by atoms with Crippen molar-refractivity contribution in [1.29, 1.82) is 0 Å². The van der Waals surface area contributed by atoms with E-state index in [0.717, 1.165) is 11.7 Å². The average Bonchev–Trinajstić information content (AvgIpc) is 2.98. The van der Waals surface area contributed by atoms with Crippen LogP contribution in [0.1, 0.15) is 24.6 Å². The molecule has 1 N–H and O–H groups in total. The normalized spacial score (nSPS) is 30.5. The van der Waals surface area contributed by atoms with Crippen molar-refractivity contribution < 1.29 is 0 Å². The minimum absolute atomic E-state index is 0.546. The van der Waals surface area contributed by atoms with Crippen LogP contribution in [-0.2, 0) is 0 Å². The fraction of sp³-hybridized carbons (Fsp3) is 0.500. The van der Waals surface area contributed by atoms with Crippen molar-refractivity contribution in [3.63, 3.8) is 0 Å². The number of nitrogens with zero attached hydrogens (tertiary/aromatic N) is 2. The fourth-order valence-electron chi connectivity index (χ4n) is 3.93. The number of hydrogen-bond donors (Lipinski definition) is 1. The highest BCUT2D eigenvalue weighted by Crippen LogP contribution is 2.34. The number of pyridine rings is 1. The maximum Gasteiger partial charge on any atom is 0.126 e. The van der Waals surface area contributed by atoms with E-state index in [1.165, 1.54) is 41.2 Å². The Labute approximate surface area is 136 Å². The number of aromatic nitrogens is 1. The van der Waals surface area contributed by atoms with Gasteiger partial charge < -0.3 is 5.32 Å². The van der Waals surface area contributed by atoms with Crippen LogP contribution in [0, 0.1) is 12.8 Å². The predicted molar refractivity (Wildman–Crippen MR) is 93.5 cm³/mol. The van der Waals surface area contributed by atoms with Crippen LogP contribution in [0.25, 0.3) is 10.4 Å². The zero-order valence-corrected chi connectivity index (χ0v) is 14.1. The van der Waals surface area contributed by atoms with Gasteiger partial charge in [0.1, 0.15) is 5.82 Å². The first-order valence-corrected chi connectivity index (χ1v) is 9.06. The van der Waals surface area contributed by atoms with Gasteiger partial charge in [-0.2, -0.15) is 0 Å². The van der Waals surface area contributed by atoms with Crippen LogP contribution in [0.5, 0.6) is 0 Å². The summed E-state index contributed by atoms with van der Waals surface area (Å²) in [6, 6.07) is 9.83. The SMILES string of the molecule is Cc1ccc(-c2ccc(N[C@@H]3C4CCN(CC4)[C@@H]3C)nc2)s1. The Kier molecular flexibility index (Phi) is 3.66. The van der Waals surface area contributed by atoms with Gasteiger partial charge in [-0.15, -0.1) is 11.3 Å². The minimum atomic E-state index is 0.546. The minimum Gasteiger partial charge on any atom is -0.365 e. The lowest BCUT2D eigenvalue weighted by Crippen LogP contribution is -2.59. The summed E-state index contributed by atoms with van der Waals surface area (Å²) < 4.78 is 0. The van der Waals surface area contributed by atoms with Crippen molar-refractivity contribution >= 4 is 17.2 Å². The summed E-state index contributed by atoms with van der Waals surface area (Å²) in [7, 11) is 0. The molecule has 2 aromatic rings. The third kappa shape index (κ3) is 2.55. The van der Waals surface area contributed by atoms with Gasteiger partial charge >= 0.3 is 0 Å². The molecule has 0 spiro atoms. The quantitative estimate of drug-likeness (QED) is 0.928. The second-order valence-electron chi connectivity index (χ2n) is 6.63. The Morgan fingerprint density at radius 3 is 2.59 bits per heavy atom. The summed E-state index contributed by atoms with van der Waals surface area (Å²) in [5.74, 6) is 1.82. The predicted octanol–water partition coefficient (Wildman–Crippen LogP) is 4.01. The highest BCUT2D eigenvalue weighted by molar-refractivity contribution is 7.15. The molecule has 0 saturated carbocycles. The lowest BCUT2D eigenvalue weighted by Gasteiger charge is -2.50. The fourth-order valence-corrected chi connectivity index (χ4v) is 4.79. The Morgan fingerprint density at radius 1 is 1.18 bits per heavy atom. The average molecular weight is 313 g/mol. The first-order chi connectivity index (χ1) is 10.7. The van der Waals surface area contributed by atoms with E-state index in [1.807, 2.05) is 17.5 Å². The van der Waals surface area contributed by atoms with Gasteiger partial charge in [-0.05, 0) is 70.0 Å². The van der Waals surface area contributed by atoms with Crippen molar-refractivity contribution in [2.24, 2.45) is 5.92 Å². The Hall–Kier alpha value is -1.39. The highest BCUT2D eigenvalue weighted by atomic mass is 32.1. The van der Waals surface area contributed by atoms with Gasteiger partial charge in [0.15, 0.2) is 0 Å². The molecule has 5 heterocycles. The molecule has 0 aliphatic carbocycles. The zero-order valence-electron chi connectivity index (χ0n) is 13.2. The topological polar surface area (TPSA) is 28.2 Å². The molecule has 2 atom stereocenters. The first-order valence-electron chi connectivity index (χ1n) is 8.24. The molecule has 3 fully saturated rings. The van der Waals surface area contributed by atoms with E-state index in [0.29, 0.717) is 12.1 Å². The molecule has 3 nitrogen and oxygen atoms in total. The molecular formula is C18H23N3S. The number of rotatable bonds is 3. The van der Waals surface area contributed by atoms with Gasteiger partial charge in [-0.3, -0.25) is 4.90 Å². The van der Waals surface area contributed by atoms with E-state index in [4.69, 9.17) is 0 Å². The van der Waals surface area contributed by atoms with Crippen molar-refractivity contribution in [3.8, 4) is 10.4 Å². The van der Waals surface area contributed by atoms with Crippen LogP contribution < -0.4 is 5.32 Å². The van der Waals surface area contributed by atoms with Crippen molar-refractivity contribution in [3.05, 3.63) is 35.3 Å². The third-order valence-electron chi connectivity index (χ3n) is 5.28. The van der Waals surface area contributed by atoms with E-state index in [2.05, 4.69) is 53.3 Å². The number of piperidine rings is 3. The number of aryl methyl sites for hydroxylation is 1. The maximum absolute atomic E-state index is 4.65. The molecular weight excluding hydrogens is 290 g/mol. The third-order valence-corrected chi connectivity index (χ3v) is 6.33. The van der Waals surface area contributed by atoms with Crippen LogP contribution in [0.2, 0.25) is 0 Å². The molecule has 2 aromatic heterocycles. The molecule has 3 aliphatic heterocycles. The molecule has 3 saturated heterocycles. The van der Waals surface area contributed by atoms with Gasteiger partial charge in [0.05, 0.1) is 0 Å². The number of anilines is 1. The van der Waals surface area contributed by atoms with E-state index in [9.17, 15) is 0 Å². The molecule has 3 aliphatic rings. The summed E-state index contributed by atoms with van der Waals surface area (Å²) in [5.41, 5.74) is 1.21. The van der Waals surface area contributed by atoms with Gasteiger partial charge in [0.2, 0.25) is 0 Å². The van der Waals surface area contributed by atoms with Crippen LogP contribution in [0.3, 0.4) is 0 Å². The standard InChI is InChI=1S/C18H23N3S/c1-12-3-5-16(22-12)15-4-6-17(19-11-15)20-18-13(2)21-9-7-14(18)8-10-21/h3-6,11,13-14,18H,7-10H2,1-2H3,(H,19,20)/t13-,18+/m1/s1. The molecule has 4 heteroatoms. The van der Waals surface area contributed by atoms with Crippen molar-refractivity contribution in [2.45, 2.75) is 38.8 Å². The van der Waals surface area contributed by atoms with E-state index >= 15 is 0 Å². The monoisotopic (exact) mass is 313 g/mol. The summed E-state index contributed by atoms with van der Waals surface area (Å²) in [6.45, 7) is 7.04. The summed E-state index contributed by atoms with van der Waals surface area (Å²) >= 11 is 1.83. The molecule has 0 amide bonds. The smallest absolute Gasteiger partial charge is 0.126 e. The number of nitrogens with one attached hydrogen (secondary N) is 1. The molecule has 0 radical (unpaired) electrons. The number of hydrogen-bond acceptors (Lipinski definition) is 4. The second-order valence-corrected chi connectivity index (χ2v) is 7.91. The molecule has 0 aromatic carbocycles. The Balaban J connectivity index is 1.49. The van der Waals surface area contributed by atoms with Gasteiger partial charge in [-0.25, -0.2) is 4.98 Å². The van der Waals surface area contributed by atoms with Gasteiger partial charge in [0.25, 0.3) is 0 Å². The van der Waals surface area contributed by atoms with Gasteiger partial charge in [-0.1, -0.05) is 0 Å². The number of thiophene rings is 1. The molecule has 5 rings (SSSR count). The maximum atomic E-state index is 4.65. The van der Waals surface area contributed by atoms with Crippen molar-refractivity contribution in [1.82, 2.24) is 9.88 Å². The summed E-state index contributed by atoms with van der Waals surface area (Å²) in [4.78, 5) is 9.91. The first kappa shape index (κ1) is 14.2. The summed E-state index contributed by atoms with van der Waals surface area (Å²) in [6.07, 6.45) is 4.66. The van der Waals surface area contributed by atoms with Crippen molar-refractivity contribution in [2.75, 3.05) is 18.4 Å². The molecule has 0 unspecified atom stereocenters. The lowest BCUT2D eigenvalue weighted by atomic mass is 9.79.